The molecule has 0 atom stereocenters. The molecule has 3 aromatic heterocycles. The molecule has 4 heterocycles. The van der Waals surface area contributed by atoms with Gasteiger partial charge in [-0.2, -0.15) is 0 Å². The summed E-state index contributed by atoms with van der Waals surface area (Å²) in [4.78, 5) is 28.8. The quantitative estimate of drug-likeness (QED) is 0.721. The molecular formula is C20H24N6O. The van der Waals surface area contributed by atoms with E-state index >= 15 is 0 Å². The third-order valence-corrected chi connectivity index (χ3v) is 5.63. The number of nitrogens with one attached hydrogen (secondary N) is 2. The molecule has 1 saturated heterocycles. The molecular weight excluding hydrogens is 340 g/mol. The van der Waals surface area contributed by atoms with E-state index in [1.807, 2.05) is 24.7 Å². The van der Waals surface area contributed by atoms with Crippen LogP contribution >= 0.6 is 0 Å². The van der Waals surface area contributed by atoms with Crippen molar-refractivity contribution in [3.63, 3.8) is 0 Å². The molecule has 0 radical (unpaired) electrons. The van der Waals surface area contributed by atoms with Crippen LogP contribution in [0.5, 0.6) is 0 Å². The maximum atomic E-state index is 12.1. The van der Waals surface area contributed by atoms with Gasteiger partial charge >= 0.3 is 0 Å². The average Bonchev–Trinajstić information content (AvgIpc) is 3.40. The van der Waals surface area contributed by atoms with Gasteiger partial charge in [0.15, 0.2) is 5.65 Å². The highest BCUT2D eigenvalue weighted by Gasteiger charge is 2.24. The van der Waals surface area contributed by atoms with E-state index in [4.69, 9.17) is 0 Å². The van der Waals surface area contributed by atoms with E-state index in [2.05, 4.69) is 36.1 Å². The van der Waals surface area contributed by atoms with E-state index in [9.17, 15) is 4.79 Å². The van der Waals surface area contributed by atoms with Crippen LogP contribution < -0.4 is 10.2 Å². The van der Waals surface area contributed by atoms with Crippen molar-refractivity contribution in [1.82, 2.24) is 25.2 Å². The summed E-state index contributed by atoms with van der Waals surface area (Å²) in [5, 5.41) is 5.32. The second-order valence-corrected chi connectivity index (χ2v) is 7.60. The number of carbonyl (C=O) groups excluding carboxylic acids is 1. The van der Waals surface area contributed by atoms with Gasteiger partial charge in [-0.15, -0.1) is 0 Å². The van der Waals surface area contributed by atoms with Gasteiger partial charge in [-0.05, 0) is 30.9 Å². The number of anilines is 1. The van der Waals surface area contributed by atoms with Crippen molar-refractivity contribution in [2.45, 2.75) is 12.8 Å². The summed E-state index contributed by atoms with van der Waals surface area (Å²) in [5.41, 5.74) is 3.02. The average molecular weight is 364 g/mol. The highest BCUT2D eigenvalue weighted by molar-refractivity contribution is 6.09. The normalized spacial score (nSPS) is 18.3. The third-order valence-electron chi connectivity index (χ3n) is 5.63. The van der Waals surface area contributed by atoms with Crippen molar-refractivity contribution >= 4 is 33.5 Å². The first-order valence-corrected chi connectivity index (χ1v) is 9.73. The van der Waals surface area contributed by atoms with Crippen molar-refractivity contribution in [1.29, 1.82) is 0 Å². The van der Waals surface area contributed by atoms with Crippen molar-refractivity contribution in [2.24, 2.45) is 5.92 Å². The summed E-state index contributed by atoms with van der Waals surface area (Å²) in [6.45, 7) is 4.96. The maximum Gasteiger partial charge on any atom is 0.234 e. The molecule has 0 unspecified atom stereocenters. The Hall–Kier alpha value is -2.67. The number of nitrogens with zero attached hydrogens (tertiary/aromatic N) is 4. The van der Waals surface area contributed by atoms with E-state index < -0.39 is 0 Å². The zero-order valence-electron chi connectivity index (χ0n) is 15.3. The highest BCUT2D eigenvalue weighted by atomic mass is 16.2. The number of H-pyrrole nitrogens is 1. The molecule has 0 bridgehead atoms. The Labute approximate surface area is 157 Å². The molecule has 2 aliphatic rings. The molecule has 1 aliphatic heterocycles. The Morgan fingerprint density at radius 3 is 2.85 bits per heavy atom. The van der Waals surface area contributed by atoms with Gasteiger partial charge in [0.2, 0.25) is 5.91 Å². The lowest BCUT2D eigenvalue weighted by atomic mass is 10.1. The smallest absolute Gasteiger partial charge is 0.234 e. The molecule has 2 N–H and O–H groups in total. The topological polar surface area (TPSA) is 77.2 Å². The van der Waals surface area contributed by atoms with Crippen LogP contribution in [0.15, 0.2) is 30.7 Å². The number of piperazine rings is 1. The first kappa shape index (κ1) is 16.5. The first-order valence-electron chi connectivity index (χ1n) is 9.73. The lowest BCUT2D eigenvalue weighted by molar-refractivity contribution is -0.122. The molecule has 1 saturated carbocycles. The number of aromatic amines is 1. The molecule has 7 nitrogen and oxygen atoms in total. The van der Waals surface area contributed by atoms with Crippen LogP contribution in [0.4, 0.5) is 5.69 Å². The SMILES string of the molecule is O=C(CN1CCN(c2cc[nH]c3cnc4nccc4c23)CC1)NCC1CC1. The molecule has 0 aromatic carbocycles. The summed E-state index contributed by atoms with van der Waals surface area (Å²) in [6, 6.07) is 4.16. The summed E-state index contributed by atoms with van der Waals surface area (Å²) in [7, 11) is 0. The van der Waals surface area contributed by atoms with E-state index in [1.165, 1.54) is 23.9 Å². The Balaban J connectivity index is 1.29. The largest absolute Gasteiger partial charge is 0.368 e. The number of carbonyl (C=O) groups is 1. The van der Waals surface area contributed by atoms with Crippen LogP contribution in [0, 0.1) is 5.92 Å². The Morgan fingerprint density at radius 2 is 2.04 bits per heavy atom. The summed E-state index contributed by atoms with van der Waals surface area (Å²) >= 11 is 0. The van der Waals surface area contributed by atoms with E-state index in [-0.39, 0.29) is 5.91 Å². The van der Waals surface area contributed by atoms with Crippen LogP contribution in [-0.2, 0) is 4.79 Å². The summed E-state index contributed by atoms with van der Waals surface area (Å²) < 4.78 is 0. The van der Waals surface area contributed by atoms with Crippen LogP contribution in [-0.4, -0.2) is 65.0 Å². The number of hydrogen-bond acceptors (Lipinski definition) is 5. The van der Waals surface area contributed by atoms with Gasteiger partial charge in [-0.25, -0.2) is 9.97 Å². The van der Waals surface area contributed by atoms with Gasteiger partial charge in [0.25, 0.3) is 0 Å². The second-order valence-electron chi connectivity index (χ2n) is 7.60. The van der Waals surface area contributed by atoms with Crippen molar-refractivity contribution < 1.29 is 4.79 Å². The molecule has 5 rings (SSSR count). The van der Waals surface area contributed by atoms with Crippen LogP contribution in [0.25, 0.3) is 21.9 Å². The van der Waals surface area contributed by atoms with Crippen LogP contribution in [0.1, 0.15) is 12.8 Å². The predicted molar refractivity (Wildman–Crippen MR) is 106 cm³/mol. The number of rotatable bonds is 5. The molecule has 2 fully saturated rings. The highest BCUT2D eigenvalue weighted by Crippen LogP contribution is 2.31. The molecule has 3 aromatic rings. The fourth-order valence-corrected chi connectivity index (χ4v) is 3.89. The van der Waals surface area contributed by atoms with Crippen molar-refractivity contribution in [3.8, 4) is 0 Å². The zero-order chi connectivity index (χ0) is 18.2. The van der Waals surface area contributed by atoms with Gasteiger partial charge in [0.05, 0.1) is 18.3 Å². The number of fused-ring (bicyclic) bond motifs is 3. The van der Waals surface area contributed by atoms with Gasteiger partial charge in [-0.1, -0.05) is 0 Å². The lowest BCUT2D eigenvalue weighted by Gasteiger charge is -2.36. The van der Waals surface area contributed by atoms with Crippen LogP contribution in [0.2, 0.25) is 0 Å². The van der Waals surface area contributed by atoms with E-state index in [1.54, 1.807) is 0 Å². The third kappa shape index (κ3) is 3.35. The molecule has 1 aliphatic carbocycles. The lowest BCUT2D eigenvalue weighted by Crippen LogP contribution is -2.49. The molecule has 0 spiro atoms. The van der Waals surface area contributed by atoms with Crippen molar-refractivity contribution in [2.75, 3.05) is 44.2 Å². The summed E-state index contributed by atoms with van der Waals surface area (Å²) in [5.74, 6) is 0.886. The second kappa shape index (κ2) is 6.81. The Morgan fingerprint density at radius 1 is 1.19 bits per heavy atom. The number of amides is 1. The fourth-order valence-electron chi connectivity index (χ4n) is 3.89. The van der Waals surface area contributed by atoms with Crippen molar-refractivity contribution in [3.05, 3.63) is 30.7 Å². The van der Waals surface area contributed by atoms with E-state index in [0.717, 1.165) is 55.2 Å². The minimum absolute atomic E-state index is 0.158. The minimum Gasteiger partial charge on any atom is -0.368 e. The summed E-state index contributed by atoms with van der Waals surface area (Å²) in [6.07, 6.45) is 8.17. The first-order chi connectivity index (χ1) is 13.3. The van der Waals surface area contributed by atoms with Crippen LogP contribution in [0.3, 0.4) is 0 Å². The zero-order valence-corrected chi connectivity index (χ0v) is 15.3. The molecule has 140 valence electrons. The monoisotopic (exact) mass is 364 g/mol. The minimum atomic E-state index is 0.158. The standard InChI is InChI=1S/C20H24N6O/c27-18(23-11-14-1-2-14)13-25-7-9-26(10-8-25)17-4-6-21-16-12-24-20-15(19(16)17)3-5-22-20/h3-6,12,14,21H,1-2,7-11,13H2,(H,23,27). The molecule has 7 heteroatoms. The number of pyridine rings is 2. The molecule has 1 amide bonds. The van der Waals surface area contributed by atoms with Gasteiger partial charge in [-0.3, -0.25) is 9.69 Å². The molecule has 27 heavy (non-hydrogen) atoms. The number of aromatic nitrogens is 3. The Bertz CT molecular complexity index is 971. The predicted octanol–water partition coefficient (Wildman–Crippen LogP) is 1.76. The van der Waals surface area contributed by atoms with Gasteiger partial charge in [0.1, 0.15) is 0 Å². The maximum absolute atomic E-state index is 12.1. The van der Waals surface area contributed by atoms with Gasteiger partial charge in [0, 0.05) is 61.6 Å². The van der Waals surface area contributed by atoms with Gasteiger partial charge < -0.3 is 15.2 Å². The Kier molecular flexibility index (Phi) is 4.16. The number of hydrogen-bond donors (Lipinski definition) is 2. The fraction of sp³-hybridized carbons (Fsp3) is 0.450. The van der Waals surface area contributed by atoms with E-state index in [0.29, 0.717) is 6.54 Å².